The van der Waals surface area contributed by atoms with Gasteiger partial charge in [-0.15, -0.1) is 0 Å². The standard InChI is InChI=1S/C12H11BrN2O3/c1-18-12-8(6-11(16)17)7-14-15(12)10-4-2-9(13)3-5-10/h2-5,7H,6H2,1H3,(H,16,17). The van der Waals surface area contributed by atoms with E-state index in [-0.39, 0.29) is 6.42 Å². The zero-order valence-corrected chi connectivity index (χ0v) is 11.2. The summed E-state index contributed by atoms with van der Waals surface area (Å²) < 4.78 is 7.76. The Kier molecular flexibility index (Phi) is 3.66. The van der Waals surface area contributed by atoms with Crippen LogP contribution in [0.4, 0.5) is 0 Å². The van der Waals surface area contributed by atoms with Gasteiger partial charge in [0.1, 0.15) is 0 Å². The van der Waals surface area contributed by atoms with E-state index in [1.54, 1.807) is 4.68 Å². The van der Waals surface area contributed by atoms with Crippen molar-refractivity contribution in [3.63, 3.8) is 0 Å². The molecule has 2 rings (SSSR count). The highest BCUT2D eigenvalue weighted by Crippen LogP contribution is 2.23. The minimum Gasteiger partial charge on any atom is -0.481 e. The molecule has 0 aliphatic rings. The smallest absolute Gasteiger partial charge is 0.308 e. The van der Waals surface area contributed by atoms with Crippen molar-refractivity contribution < 1.29 is 14.6 Å². The third-order valence-electron chi connectivity index (χ3n) is 2.40. The van der Waals surface area contributed by atoms with E-state index in [2.05, 4.69) is 21.0 Å². The number of methoxy groups -OCH3 is 1. The van der Waals surface area contributed by atoms with Gasteiger partial charge < -0.3 is 9.84 Å². The molecule has 0 bridgehead atoms. The maximum atomic E-state index is 10.7. The molecule has 6 heteroatoms. The topological polar surface area (TPSA) is 64.3 Å². The molecule has 0 aliphatic carbocycles. The molecule has 2 aromatic rings. The Morgan fingerprint density at radius 1 is 1.44 bits per heavy atom. The normalized spacial score (nSPS) is 10.3. The van der Waals surface area contributed by atoms with Crippen LogP contribution in [-0.4, -0.2) is 28.0 Å². The zero-order valence-electron chi connectivity index (χ0n) is 9.63. The average Bonchev–Trinajstić information content (AvgIpc) is 2.72. The molecule has 0 amide bonds. The number of hydrogen-bond acceptors (Lipinski definition) is 3. The Labute approximate surface area is 112 Å². The molecule has 94 valence electrons. The number of carbonyl (C=O) groups is 1. The second-order valence-electron chi connectivity index (χ2n) is 3.64. The van der Waals surface area contributed by atoms with E-state index in [1.165, 1.54) is 13.3 Å². The van der Waals surface area contributed by atoms with Gasteiger partial charge in [0.15, 0.2) is 0 Å². The molecule has 0 atom stereocenters. The molecular weight excluding hydrogens is 300 g/mol. The van der Waals surface area contributed by atoms with Crippen LogP contribution in [0.3, 0.4) is 0 Å². The first-order chi connectivity index (χ1) is 8.61. The van der Waals surface area contributed by atoms with Gasteiger partial charge in [-0.3, -0.25) is 4.79 Å². The van der Waals surface area contributed by atoms with Gasteiger partial charge in [-0.1, -0.05) is 15.9 Å². The van der Waals surface area contributed by atoms with Crippen molar-refractivity contribution in [2.75, 3.05) is 7.11 Å². The number of nitrogens with zero attached hydrogens (tertiary/aromatic N) is 2. The number of ether oxygens (including phenoxy) is 1. The Balaban J connectivity index is 2.42. The van der Waals surface area contributed by atoms with Crippen LogP contribution >= 0.6 is 15.9 Å². The van der Waals surface area contributed by atoms with Crippen molar-refractivity contribution in [1.82, 2.24) is 9.78 Å². The first-order valence-electron chi connectivity index (χ1n) is 5.20. The third kappa shape index (κ3) is 2.53. The molecule has 1 heterocycles. The fourth-order valence-corrected chi connectivity index (χ4v) is 1.90. The molecule has 0 unspecified atom stereocenters. The summed E-state index contributed by atoms with van der Waals surface area (Å²) in [4.78, 5) is 10.7. The molecule has 0 saturated heterocycles. The predicted molar refractivity (Wildman–Crippen MR) is 69.2 cm³/mol. The number of aliphatic carboxylic acids is 1. The maximum absolute atomic E-state index is 10.7. The van der Waals surface area contributed by atoms with E-state index in [0.717, 1.165) is 10.2 Å². The highest BCUT2D eigenvalue weighted by atomic mass is 79.9. The largest absolute Gasteiger partial charge is 0.481 e. The lowest BCUT2D eigenvalue weighted by Gasteiger charge is -2.07. The van der Waals surface area contributed by atoms with Gasteiger partial charge in [0, 0.05) is 10.0 Å². The summed E-state index contributed by atoms with van der Waals surface area (Å²) in [7, 11) is 1.50. The predicted octanol–water partition coefficient (Wildman–Crippen LogP) is 2.27. The lowest BCUT2D eigenvalue weighted by molar-refractivity contribution is -0.136. The first kappa shape index (κ1) is 12.6. The van der Waals surface area contributed by atoms with E-state index >= 15 is 0 Å². The van der Waals surface area contributed by atoms with E-state index in [4.69, 9.17) is 9.84 Å². The molecule has 0 radical (unpaired) electrons. The number of rotatable bonds is 4. The molecule has 18 heavy (non-hydrogen) atoms. The van der Waals surface area contributed by atoms with Crippen LogP contribution in [0.1, 0.15) is 5.56 Å². The number of carboxylic acid groups (broad SMARTS) is 1. The molecule has 0 spiro atoms. The SMILES string of the molecule is COc1c(CC(=O)O)cnn1-c1ccc(Br)cc1. The van der Waals surface area contributed by atoms with Crippen LogP contribution in [0.5, 0.6) is 5.88 Å². The second kappa shape index (κ2) is 5.22. The number of benzene rings is 1. The molecule has 0 fully saturated rings. The van der Waals surface area contributed by atoms with Crippen molar-refractivity contribution >= 4 is 21.9 Å². The molecular formula is C12H11BrN2O3. The number of halogens is 1. The van der Waals surface area contributed by atoms with Crippen LogP contribution < -0.4 is 4.74 Å². The van der Waals surface area contributed by atoms with E-state index in [1.807, 2.05) is 24.3 Å². The van der Waals surface area contributed by atoms with Gasteiger partial charge in [-0.2, -0.15) is 5.10 Å². The van der Waals surface area contributed by atoms with Crippen molar-refractivity contribution in [2.45, 2.75) is 6.42 Å². The van der Waals surface area contributed by atoms with E-state index in [9.17, 15) is 4.79 Å². The number of carboxylic acids is 1. The molecule has 1 aromatic carbocycles. The van der Waals surface area contributed by atoms with Crippen LogP contribution in [0.25, 0.3) is 5.69 Å². The van der Waals surface area contributed by atoms with Gasteiger partial charge in [-0.25, -0.2) is 4.68 Å². The minimum absolute atomic E-state index is 0.111. The van der Waals surface area contributed by atoms with Gasteiger partial charge in [0.05, 0.1) is 25.4 Å². The summed E-state index contributed by atoms with van der Waals surface area (Å²) >= 11 is 3.35. The van der Waals surface area contributed by atoms with Crippen LogP contribution in [0, 0.1) is 0 Å². The highest BCUT2D eigenvalue weighted by molar-refractivity contribution is 9.10. The lowest BCUT2D eigenvalue weighted by Crippen LogP contribution is -2.03. The summed E-state index contributed by atoms with van der Waals surface area (Å²) in [6.45, 7) is 0. The van der Waals surface area contributed by atoms with E-state index < -0.39 is 5.97 Å². The fourth-order valence-electron chi connectivity index (χ4n) is 1.64. The number of aromatic nitrogens is 2. The van der Waals surface area contributed by atoms with Crippen molar-refractivity contribution in [2.24, 2.45) is 0 Å². The summed E-state index contributed by atoms with van der Waals surface area (Å²) in [5, 5.41) is 13.0. The maximum Gasteiger partial charge on any atom is 0.308 e. The second-order valence-corrected chi connectivity index (χ2v) is 4.55. The summed E-state index contributed by atoms with van der Waals surface area (Å²) in [6.07, 6.45) is 1.40. The summed E-state index contributed by atoms with van der Waals surface area (Å²) in [5.41, 5.74) is 1.36. The van der Waals surface area contributed by atoms with Gasteiger partial charge in [0.2, 0.25) is 5.88 Å². The Hall–Kier alpha value is -1.82. The highest BCUT2D eigenvalue weighted by Gasteiger charge is 2.15. The average molecular weight is 311 g/mol. The van der Waals surface area contributed by atoms with Crippen molar-refractivity contribution in [1.29, 1.82) is 0 Å². The summed E-state index contributed by atoms with van der Waals surface area (Å²) in [5.74, 6) is -0.469. The Bertz CT molecular complexity index is 563. The van der Waals surface area contributed by atoms with Crippen LogP contribution in [0.2, 0.25) is 0 Å². The molecule has 1 N–H and O–H groups in total. The Morgan fingerprint density at radius 3 is 2.67 bits per heavy atom. The van der Waals surface area contributed by atoms with Gasteiger partial charge in [0.25, 0.3) is 0 Å². The first-order valence-corrected chi connectivity index (χ1v) is 5.99. The summed E-state index contributed by atoms with van der Waals surface area (Å²) in [6, 6.07) is 7.49. The Morgan fingerprint density at radius 2 is 2.11 bits per heavy atom. The quantitative estimate of drug-likeness (QED) is 0.941. The van der Waals surface area contributed by atoms with Crippen molar-refractivity contribution in [3.05, 3.63) is 40.5 Å². The monoisotopic (exact) mass is 310 g/mol. The van der Waals surface area contributed by atoms with E-state index in [0.29, 0.717) is 11.4 Å². The molecule has 0 aliphatic heterocycles. The van der Waals surface area contributed by atoms with Crippen molar-refractivity contribution in [3.8, 4) is 11.6 Å². The number of hydrogen-bond donors (Lipinski definition) is 1. The van der Waals surface area contributed by atoms with Gasteiger partial charge in [-0.05, 0) is 24.3 Å². The van der Waals surface area contributed by atoms with Crippen LogP contribution in [0.15, 0.2) is 34.9 Å². The molecule has 0 saturated carbocycles. The zero-order chi connectivity index (χ0) is 13.1. The van der Waals surface area contributed by atoms with Crippen LogP contribution in [-0.2, 0) is 11.2 Å². The third-order valence-corrected chi connectivity index (χ3v) is 2.93. The van der Waals surface area contributed by atoms with Gasteiger partial charge >= 0.3 is 5.97 Å². The fraction of sp³-hybridized carbons (Fsp3) is 0.167. The molecule has 5 nitrogen and oxygen atoms in total. The molecule has 1 aromatic heterocycles. The lowest BCUT2D eigenvalue weighted by atomic mass is 10.2. The minimum atomic E-state index is -0.913.